The molecule has 5 rings (SSSR count). The van der Waals surface area contributed by atoms with Crippen LogP contribution in [0.25, 0.3) is 0 Å². The van der Waals surface area contributed by atoms with Crippen LogP contribution in [0.5, 0.6) is 5.88 Å². The molecule has 0 bridgehead atoms. The molecule has 2 aromatic heterocycles. The summed E-state index contributed by atoms with van der Waals surface area (Å²) in [6.45, 7) is 7.91. The van der Waals surface area contributed by atoms with Crippen LogP contribution in [-0.2, 0) is 20.5 Å². The number of carbonyl (C=O) groups excluding carboxylic acids is 1. The van der Waals surface area contributed by atoms with Crippen LogP contribution in [0.15, 0.2) is 30.3 Å². The number of aromatic nitrogens is 2. The number of pyridine rings is 2. The Balaban J connectivity index is 1.66. The van der Waals surface area contributed by atoms with Gasteiger partial charge in [0.15, 0.2) is 0 Å². The number of likely N-dealkylation sites (tertiary alicyclic amines) is 1. The Morgan fingerprint density at radius 2 is 1.80 bits per heavy atom. The number of nitrogens with zero attached hydrogens (tertiary/aromatic N) is 3. The third-order valence-electron chi connectivity index (χ3n) is 8.26. The third-order valence-corrected chi connectivity index (χ3v) is 8.26. The van der Waals surface area contributed by atoms with E-state index >= 15 is 0 Å². The number of fused-ring (bicyclic) bond motifs is 1. The predicted molar refractivity (Wildman–Crippen MR) is 137 cm³/mol. The minimum Gasteiger partial charge on any atom is -0.481 e. The number of amides is 1. The van der Waals surface area contributed by atoms with Gasteiger partial charge in [-0.15, -0.1) is 0 Å². The highest BCUT2D eigenvalue weighted by Crippen LogP contribution is 2.56. The van der Waals surface area contributed by atoms with Crippen LogP contribution >= 0.6 is 0 Å². The van der Waals surface area contributed by atoms with Gasteiger partial charge in [0.1, 0.15) is 11.9 Å². The zero-order chi connectivity index (χ0) is 29.1. The lowest BCUT2D eigenvalue weighted by Crippen LogP contribution is -2.48. The molecule has 9 nitrogen and oxygen atoms in total. The highest BCUT2D eigenvalue weighted by Gasteiger charge is 2.65. The highest BCUT2D eigenvalue weighted by molar-refractivity contribution is 5.89. The van der Waals surface area contributed by atoms with E-state index in [-0.39, 0.29) is 41.1 Å². The summed E-state index contributed by atoms with van der Waals surface area (Å²) in [5, 5.41) is 13.7. The highest BCUT2D eigenvalue weighted by atomic mass is 19.4. The van der Waals surface area contributed by atoms with Crippen molar-refractivity contribution in [3.8, 4) is 5.88 Å². The van der Waals surface area contributed by atoms with Gasteiger partial charge in [-0.25, -0.2) is 14.8 Å². The van der Waals surface area contributed by atoms with E-state index in [1.165, 1.54) is 18.9 Å². The number of aliphatic carboxylic acids is 1. The molecule has 0 radical (unpaired) electrons. The Morgan fingerprint density at radius 1 is 1.12 bits per heavy atom. The largest absolute Gasteiger partial charge is 0.481 e. The molecule has 0 aromatic carbocycles. The van der Waals surface area contributed by atoms with Gasteiger partial charge in [-0.05, 0) is 42.4 Å². The molecular formula is C28H33F3N4O5. The number of aryl methyl sites for hydroxylation is 1. The van der Waals surface area contributed by atoms with Gasteiger partial charge in [0.2, 0.25) is 11.8 Å². The van der Waals surface area contributed by atoms with Crippen LogP contribution in [0.3, 0.4) is 0 Å². The van der Waals surface area contributed by atoms with E-state index in [1.807, 2.05) is 20.8 Å². The molecule has 3 aliphatic rings. The second-order valence-corrected chi connectivity index (χ2v) is 11.9. The Kier molecular flexibility index (Phi) is 6.96. The lowest BCUT2D eigenvalue weighted by Gasteiger charge is -2.35. The molecule has 2 saturated heterocycles. The molecule has 12 heteroatoms. The summed E-state index contributed by atoms with van der Waals surface area (Å²) in [7, 11) is 1.44. The van der Waals surface area contributed by atoms with Gasteiger partial charge < -0.3 is 24.8 Å². The van der Waals surface area contributed by atoms with Crippen molar-refractivity contribution in [3.05, 3.63) is 47.3 Å². The summed E-state index contributed by atoms with van der Waals surface area (Å²) in [4.78, 5) is 37.3. The number of carbonyl (C=O) groups is 2. The van der Waals surface area contributed by atoms with E-state index in [0.717, 1.165) is 12.1 Å². The van der Waals surface area contributed by atoms with Crippen molar-refractivity contribution < 1.29 is 37.3 Å². The molecule has 1 amide bonds. The minimum absolute atomic E-state index is 0.0220. The summed E-state index contributed by atoms with van der Waals surface area (Å²) in [6.07, 6.45) is -4.60. The van der Waals surface area contributed by atoms with Gasteiger partial charge in [0.05, 0.1) is 43.7 Å². The number of halogens is 3. The number of rotatable bonds is 6. The SMILES string of the molecule is COc1cccc(C2C(Nc3cc(C(F)(F)F)cc(C)n3)C(C(C)(C)C)C(C(=O)O)N2C(=O)C2C3COCC32)n1. The first-order valence-electron chi connectivity index (χ1n) is 13.2. The van der Waals surface area contributed by atoms with E-state index < -0.39 is 47.2 Å². The zero-order valence-electron chi connectivity index (χ0n) is 22.9. The quantitative estimate of drug-likeness (QED) is 0.539. The minimum atomic E-state index is -4.60. The molecule has 40 heavy (non-hydrogen) atoms. The number of hydrogen-bond donors (Lipinski definition) is 2. The number of hydrogen-bond acceptors (Lipinski definition) is 7. The summed E-state index contributed by atoms with van der Waals surface area (Å²) >= 11 is 0. The maximum atomic E-state index is 14.1. The number of nitrogens with one attached hydrogen (secondary N) is 1. The number of carboxylic acid groups (broad SMARTS) is 1. The van der Waals surface area contributed by atoms with Gasteiger partial charge in [-0.2, -0.15) is 13.2 Å². The van der Waals surface area contributed by atoms with Crippen LogP contribution in [0, 0.1) is 36.0 Å². The maximum Gasteiger partial charge on any atom is 0.416 e. The van der Waals surface area contributed by atoms with Gasteiger partial charge in [-0.3, -0.25) is 4.79 Å². The van der Waals surface area contributed by atoms with E-state index in [4.69, 9.17) is 9.47 Å². The van der Waals surface area contributed by atoms with Crippen LogP contribution in [0.2, 0.25) is 0 Å². The average Bonchev–Trinajstić information content (AvgIpc) is 3.18. The molecule has 216 valence electrons. The van der Waals surface area contributed by atoms with Gasteiger partial charge >= 0.3 is 12.1 Å². The predicted octanol–water partition coefficient (Wildman–Crippen LogP) is 4.18. The Morgan fingerprint density at radius 3 is 2.38 bits per heavy atom. The number of methoxy groups -OCH3 is 1. The van der Waals surface area contributed by atoms with Crippen LogP contribution in [-0.4, -0.2) is 64.3 Å². The van der Waals surface area contributed by atoms with E-state index in [9.17, 15) is 27.9 Å². The van der Waals surface area contributed by atoms with Gasteiger partial charge in [0, 0.05) is 23.6 Å². The second-order valence-electron chi connectivity index (χ2n) is 11.9. The van der Waals surface area contributed by atoms with E-state index in [0.29, 0.717) is 18.9 Å². The lowest BCUT2D eigenvalue weighted by atomic mass is 9.73. The molecule has 4 heterocycles. The molecule has 0 spiro atoms. The zero-order valence-corrected chi connectivity index (χ0v) is 22.9. The molecule has 2 aliphatic heterocycles. The monoisotopic (exact) mass is 562 g/mol. The van der Waals surface area contributed by atoms with E-state index in [2.05, 4.69) is 15.3 Å². The fourth-order valence-electron chi connectivity index (χ4n) is 6.53. The normalized spacial score (nSPS) is 29.7. The van der Waals surface area contributed by atoms with Gasteiger partial charge in [0.25, 0.3) is 0 Å². The first-order chi connectivity index (χ1) is 18.7. The number of anilines is 1. The van der Waals surface area contributed by atoms with E-state index in [1.54, 1.807) is 18.2 Å². The van der Waals surface area contributed by atoms with Crippen LogP contribution < -0.4 is 10.1 Å². The van der Waals surface area contributed by atoms with Crippen molar-refractivity contribution in [2.24, 2.45) is 29.1 Å². The smallest absolute Gasteiger partial charge is 0.416 e. The summed E-state index contributed by atoms with van der Waals surface area (Å²) in [5.74, 6) is -2.36. The summed E-state index contributed by atoms with van der Waals surface area (Å²) < 4.78 is 51.8. The van der Waals surface area contributed by atoms with Crippen molar-refractivity contribution in [1.29, 1.82) is 0 Å². The number of carboxylic acids is 1. The molecular weight excluding hydrogens is 529 g/mol. The van der Waals surface area contributed by atoms with Crippen molar-refractivity contribution in [3.63, 3.8) is 0 Å². The molecule has 2 aromatic rings. The molecule has 6 atom stereocenters. The first kappa shape index (κ1) is 28.1. The summed E-state index contributed by atoms with van der Waals surface area (Å²) in [5.41, 5.74) is -1.05. The number of ether oxygens (including phenoxy) is 2. The van der Waals surface area contributed by atoms with Crippen molar-refractivity contribution in [2.75, 3.05) is 25.6 Å². The molecule has 2 N–H and O–H groups in total. The Labute approximate surface area is 230 Å². The molecule has 6 unspecified atom stereocenters. The molecule has 3 fully saturated rings. The second kappa shape index (κ2) is 9.90. The van der Waals surface area contributed by atoms with Gasteiger partial charge in [-0.1, -0.05) is 26.8 Å². The molecule has 1 aliphatic carbocycles. The summed E-state index contributed by atoms with van der Waals surface area (Å²) in [6, 6.07) is 3.82. The fraction of sp³-hybridized carbons (Fsp3) is 0.571. The molecule has 1 saturated carbocycles. The Bertz CT molecular complexity index is 1300. The fourth-order valence-corrected chi connectivity index (χ4v) is 6.53. The Hall–Kier alpha value is -3.41. The number of alkyl halides is 3. The average molecular weight is 563 g/mol. The van der Waals surface area contributed by atoms with Crippen LogP contribution in [0.4, 0.5) is 19.0 Å². The van der Waals surface area contributed by atoms with Crippen molar-refractivity contribution in [2.45, 2.75) is 52.0 Å². The van der Waals surface area contributed by atoms with Crippen molar-refractivity contribution in [1.82, 2.24) is 14.9 Å². The van der Waals surface area contributed by atoms with Crippen molar-refractivity contribution >= 4 is 17.7 Å². The topological polar surface area (TPSA) is 114 Å². The third kappa shape index (κ3) is 4.97. The van der Waals surface area contributed by atoms with Crippen LogP contribution in [0.1, 0.15) is 43.8 Å². The first-order valence-corrected chi connectivity index (χ1v) is 13.2. The maximum absolute atomic E-state index is 14.1. The standard InChI is InChI=1S/C28H33F3N4O5/c1-13-9-14(28(29,30)31)10-18(32-13)34-22-21(27(2,3)4)24(26(37)38)35(25(36)20-15-11-40-12-16(15)20)23(22)17-7-6-8-19(33-17)39-5/h6-10,15-16,20-24H,11-12H2,1-5H3,(H,32,34)(H,37,38). The lowest BCUT2D eigenvalue weighted by molar-refractivity contribution is -0.153.